The molecule has 6 heteroatoms. The summed E-state index contributed by atoms with van der Waals surface area (Å²) in [6.45, 7) is 1.80. The molecule has 0 atom stereocenters. The molecule has 0 aliphatic carbocycles. The van der Waals surface area contributed by atoms with Crippen LogP contribution in [0.4, 0.5) is 0 Å². The summed E-state index contributed by atoms with van der Waals surface area (Å²) in [7, 11) is 0. The van der Waals surface area contributed by atoms with E-state index in [2.05, 4.69) is 15.9 Å². The van der Waals surface area contributed by atoms with Gasteiger partial charge in [-0.25, -0.2) is 18.9 Å². The molecule has 3 aromatic rings. The molecule has 0 amide bonds. The van der Waals surface area contributed by atoms with Gasteiger partial charge in [0.05, 0.1) is 18.6 Å². The molecule has 3 rings (SSSR count). The third-order valence-electron chi connectivity index (χ3n) is 3.32. The molecule has 0 radical (unpaired) electrons. The number of nitrogens with one attached hydrogen (secondary N) is 1. The zero-order valence-electron chi connectivity index (χ0n) is 11.3. The average molecular weight is 280 g/mol. The van der Waals surface area contributed by atoms with Gasteiger partial charge in [0.1, 0.15) is 5.52 Å². The van der Waals surface area contributed by atoms with E-state index < -0.39 is 11.2 Å². The highest BCUT2D eigenvalue weighted by Crippen LogP contribution is 2.14. The number of aromatic amines is 1. The SMILES string of the molecule is C#CCn1c(=O)c2[nH]cnc2n(-c2ccccc2C)c1=O. The monoisotopic (exact) mass is 280 g/mol. The summed E-state index contributed by atoms with van der Waals surface area (Å²) in [5.74, 6) is 2.33. The number of hydrogen-bond acceptors (Lipinski definition) is 3. The van der Waals surface area contributed by atoms with Crippen LogP contribution in [0.15, 0.2) is 40.2 Å². The maximum atomic E-state index is 12.6. The number of aryl methyl sites for hydroxylation is 1. The highest BCUT2D eigenvalue weighted by Gasteiger charge is 2.16. The van der Waals surface area contributed by atoms with Crippen LogP contribution in [0.3, 0.4) is 0 Å². The molecule has 104 valence electrons. The Labute approximate surface area is 119 Å². The number of aromatic nitrogens is 4. The third kappa shape index (κ3) is 1.87. The number of fused-ring (bicyclic) bond motifs is 1. The highest BCUT2D eigenvalue weighted by molar-refractivity contribution is 5.71. The zero-order valence-corrected chi connectivity index (χ0v) is 11.3. The second kappa shape index (κ2) is 4.80. The van der Waals surface area contributed by atoms with Gasteiger partial charge in [-0.05, 0) is 18.6 Å². The standard InChI is InChI=1S/C15H12N4O2/c1-3-8-18-14(20)12-13(17-9-16-12)19(15(18)21)11-7-5-4-6-10(11)2/h1,4-7,9H,8H2,2H3,(H,16,17). The fraction of sp³-hybridized carbons (Fsp3) is 0.133. The molecule has 0 fully saturated rings. The maximum Gasteiger partial charge on any atom is 0.338 e. The van der Waals surface area contributed by atoms with E-state index in [1.54, 1.807) is 6.07 Å². The Hall–Kier alpha value is -3.07. The van der Waals surface area contributed by atoms with E-state index in [4.69, 9.17) is 6.42 Å². The topological polar surface area (TPSA) is 72.7 Å². The summed E-state index contributed by atoms with van der Waals surface area (Å²) < 4.78 is 2.42. The molecule has 2 aromatic heterocycles. The van der Waals surface area contributed by atoms with Crippen molar-refractivity contribution < 1.29 is 0 Å². The number of nitrogens with zero attached hydrogens (tertiary/aromatic N) is 3. The lowest BCUT2D eigenvalue weighted by Crippen LogP contribution is -2.39. The lowest BCUT2D eigenvalue weighted by Gasteiger charge is -2.11. The molecule has 6 nitrogen and oxygen atoms in total. The van der Waals surface area contributed by atoms with Crippen LogP contribution in [-0.4, -0.2) is 19.1 Å². The molecule has 0 saturated heterocycles. The minimum Gasteiger partial charge on any atom is -0.339 e. The Bertz CT molecular complexity index is 985. The molecule has 0 unspecified atom stereocenters. The summed E-state index contributed by atoms with van der Waals surface area (Å²) >= 11 is 0. The van der Waals surface area contributed by atoms with E-state index in [0.717, 1.165) is 10.1 Å². The number of H-pyrrole nitrogens is 1. The number of hydrogen-bond donors (Lipinski definition) is 1. The van der Waals surface area contributed by atoms with Crippen molar-refractivity contribution in [2.45, 2.75) is 13.5 Å². The lowest BCUT2D eigenvalue weighted by molar-refractivity contribution is 0.706. The fourth-order valence-corrected chi connectivity index (χ4v) is 2.31. The van der Waals surface area contributed by atoms with Crippen LogP contribution in [0.1, 0.15) is 5.56 Å². The smallest absolute Gasteiger partial charge is 0.338 e. The van der Waals surface area contributed by atoms with E-state index >= 15 is 0 Å². The Kier molecular flexibility index (Phi) is 2.95. The number of rotatable bonds is 2. The molecular weight excluding hydrogens is 268 g/mol. The Balaban J connectivity index is 2.52. The van der Waals surface area contributed by atoms with E-state index in [9.17, 15) is 9.59 Å². The van der Waals surface area contributed by atoms with Gasteiger partial charge in [0.2, 0.25) is 0 Å². The van der Waals surface area contributed by atoms with Gasteiger partial charge in [-0.1, -0.05) is 24.1 Å². The van der Waals surface area contributed by atoms with Gasteiger partial charge in [-0.2, -0.15) is 0 Å². The summed E-state index contributed by atoms with van der Waals surface area (Å²) in [4.78, 5) is 31.7. The van der Waals surface area contributed by atoms with Crippen molar-refractivity contribution in [3.8, 4) is 18.0 Å². The Morgan fingerprint density at radius 2 is 2.10 bits per heavy atom. The lowest BCUT2D eigenvalue weighted by atomic mass is 10.2. The predicted octanol–water partition coefficient (Wildman–Crippen LogP) is 0.817. The van der Waals surface area contributed by atoms with Gasteiger partial charge in [0.25, 0.3) is 5.56 Å². The van der Waals surface area contributed by atoms with Gasteiger partial charge in [0, 0.05) is 0 Å². The van der Waals surface area contributed by atoms with E-state index in [0.29, 0.717) is 11.3 Å². The highest BCUT2D eigenvalue weighted by atomic mass is 16.2. The van der Waals surface area contributed by atoms with Crippen molar-refractivity contribution in [3.63, 3.8) is 0 Å². The van der Waals surface area contributed by atoms with Crippen molar-refractivity contribution >= 4 is 11.2 Å². The zero-order chi connectivity index (χ0) is 15.0. The van der Waals surface area contributed by atoms with Crippen LogP contribution in [0, 0.1) is 19.3 Å². The molecule has 0 bridgehead atoms. The molecule has 0 spiro atoms. The molecule has 0 aliphatic heterocycles. The molecule has 0 saturated carbocycles. The van der Waals surface area contributed by atoms with E-state index in [-0.39, 0.29) is 12.1 Å². The average Bonchev–Trinajstić information content (AvgIpc) is 2.95. The second-order valence-corrected chi connectivity index (χ2v) is 4.60. The maximum absolute atomic E-state index is 12.6. The molecule has 21 heavy (non-hydrogen) atoms. The first kappa shape index (κ1) is 12.9. The van der Waals surface area contributed by atoms with Gasteiger partial charge in [-0.3, -0.25) is 4.79 Å². The Morgan fingerprint density at radius 3 is 2.81 bits per heavy atom. The van der Waals surface area contributed by atoms with Crippen molar-refractivity contribution in [1.29, 1.82) is 0 Å². The number of terminal acetylenes is 1. The summed E-state index contributed by atoms with van der Waals surface area (Å²) in [5.41, 5.74) is 1.17. The molecule has 2 heterocycles. The minimum atomic E-state index is -0.494. The summed E-state index contributed by atoms with van der Waals surface area (Å²) in [6, 6.07) is 7.39. The summed E-state index contributed by atoms with van der Waals surface area (Å²) in [6.07, 6.45) is 6.64. The van der Waals surface area contributed by atoms with Crippen molar-refractivity contribution in [2.24, 2.45) is 0 Å². The van der Waals surface area contributed by atoms with Crippen LogP contribution < -0.4 is 11.2 Å². The normalized spacial score (nSPS) is 10.7. The second-order valence-electron chi connectivity index (χ2n) is 4.60. The van der Waals surface area contributed by atoms with Crippen molar-refractivity contribution in [2.75, 3.05) is 0 Å². The molecule has 1 N–H and O–H groups in total. The predicted molar refractivity (Wildman–Crippen MR) is 79.5 cm³/mol. The number of imidazole rings is 1. The minimum absolute atomic E-state index is 0.0848. The van der Waals surface area contributed by atoms with Crippen LogP contribution in [-0.2, 0) is 6.54 Å². The molecule has 0 aliphatic rings. The largest absolute Gasteiger partial charge is 0.339 e. The van der Waals surface area contributed by atoms with Crippen LogP contribution in [0.25, 0.3) is 16.9 Å². The first-order chi connectivity index (χ1) is 10.1. The van der Waals surface area contributed by atoms with Gasteiger partial charge in [0.15, 0.2) is 5.65 Å². The quantitative estimate of drug-likeness (QED) is 0.706. The summed E-state index contributed by atoms with van der Waals surface area (Å²) in [5, 5.41) is 0. The Morgan fingerprint density at radius 1 is 1.33 bits per heavy atom. The first-order valence-corrected chi connectivity index (χ1v) is 6.33. The molecule has 1 aromatic carbocycles. The van der Waals surface area contributed by atoms with E-state index in [1.165, 1.54) is 10.9 Å². The van der Waals surface area contributed by atoms with Crippen LogP contribution in [0.5, 0.6) is 0 Å². The van der Waals surface area contributed by atoms with Crippen molar-refractivity contribution in [3.05, 3.63) is 57.0 Å². The van der Waals surface area contributed by atoms with Crippen molar-refractivity contribution in [1.82, 2.24) is 19.1 Å². The van der Waals surface area contributed by atoms with Crippen LogP contribution in [0.2, 0.25) is 0 Å². The van der Waals surface area contributed by atoms with Crippen LogP contribution >= 0.6 is 0 Å². The third-order valence-corrected chi connectivity index (χ3v) is 3.32. The number of benzene rings is 1. The molecular formula is C15H12N4O2. The van der Waals surface area contributed by atoms with E-state index in [1.807, 2.05) is 25.1 Å². The first-order valence-electron chi connectivity index (χ1n) is 6.33. The van der Waals surface area contributed by atoms with Gasteiger partial charge >= 0.3 is 5.69 Å². The van der Waals surface area contributed by atoms with Gasteiger partial charge in [-0.15, -0.1) is 6.42 Å². The fourth-order valence-electron chi connectivity index (χ4n) is 2.31. The number of para-hydroxylation sites is 1. The van der Waals surface area contributed by atoms with Gasteiger partial charge < -0.3 is 4.98 Å².